The lowest BCUT2D eigenvalue weighted by atomic mass is 9.84. The lowest BCUT2D eigenvalue weighted by Crippen LogP contribution is -2.01. The standard InChI is InChI=1S/C21H14N2.C9H5FO2/c1-13-6-8-14(9-7-13)20-21(17-12-15-10-11-16(15)17)23-19-5-3-2-4-18(19)22-20;10-7-3-1-6-2-4-9(11)12-8(6)5-7/h2-12H,1H3;1-5H. The molecule has 0 saturated carbocycles. The molecule has 5 heteroatoms. The van der Waals surface area contributed by atoms with E-state index in [1.807, 2.05) is 24.3 Å². The second-order valence-electron chi connectivity index (χ2n) is 8.47. The summed E-state index contributed by atoms with van der Waals surface area (Å²) < 4.78 is 17.4. The first-order valence-electron chi connectivity index (χ1n) is 11.2. The van der Waals surface area contributed by atoms with Gasteiger partial charge in [0.25, 0.3) is 0 Å². The van der Waals surface area contributed by atoms with Gasteiger partial charge in [0.2, 0.25) is 0 Å². The van der Waals surface area contributed by atoms with Gasteiger partial charge >= 0.3 is 5.63 Å². The van der Waals surface area contributed by atoms with E-state index in [4.69, 9.17) is 14.4 Å². The van der Waals surface area contributed by atoms with Gasteiger partial charge in [-0.3, -0.25) is 0 Å². The molecule has 0 N–H and O–H groups in total. The lowest BCUT2D eigenvalue weighted by molar-refractivity contribution is 0.554. The third-order valence-electron chi connectivity index (χ3n) is 6.07. The van der Waals surface area contributed by atoms with Crippen molar-refractivity contribution >= 4 is 22.0 Å². The van der Waals surface area contributed by atoms with Crippen LogP contribution in [0.3, 0.4) is 0 Å². The summed E-state index contributed by atoms with van der Waals surface area (Å²) in [6.07, 6.45) is 0. The van der Waals surface area contributed by atoms with Crippen LogP contribution < -0.4 is 5.63 Å². The Morgan fingerprint density at radius 1 is 0.686 bits per heavy atom. The molecule has 0 atom stereocenters. The molecule has 0 radical (unpaired) electrons. The fourth-order valence-electron chi connectivity index (χ4n) is 4.12. The van der Waals surface area contributed by atoms with Gasteiger partial charge in [-0.05, 0) is 54.4 Å². The molecule has 2 aliphatic rings. The first-order valence-corrected chi connectivity index (χ1v) is 11.2. The second kappa shape index (κ2) is 8.29. The van der Waals surface area contributed by atoms with Gasteiger partial charge in [0.05, 0.1) is 22.4 Å². The Bertz CT molecular complexity index is 1790. The van der Waals surface area contributed by atoms with Gasteiger partial charge in [-0.25, -0.2) is 19.2 Å². The lowest BCUT2D eigenvalue weighted by Gasteiger charge is -2.22. The van der Waals surface area contributed by atoms with Crippen molar-refractivity contribution in [2.24, 2.45) is 0 Å². The van der Waals surface area contributed by atoms with Crippen LogP contribution in [0.5, 0.6) is 0 Å². The Kier molecular flexibility index (Phi) is 4.96. The third-order valence-corrected chi connectivity index (χ3v) is 6.07. The summed E-state index contributed by atoms with van der Waals surface area (Å²) in [7, 11) is 0. The highest BCUT2D eigenvalue weighted by Crippen LogP contribution is 2.45. The maximum absolute atomic E-state index is 12.6. The molecular formula is C30H19FN2O2. The summed E-state index contributed by atoms with van der Waals surface area (Å²) >= 11 is 0. The van der Waals surface area contributed by atoms with Gasteiger partial charge in [0, 0.05) is 28.6 Å². The van der Waals surface area contributed by atoms with E-state index in [-0.39, 0.29) is 5.58 Å². The second-order valence-corrected chi connectivity index (χ2v) is 8.47. The molecule has 4 nitrogen and oxygen atoms in total. The minimum Gasteiger partial charge on any atom is -0.423 e. The predicted molar refractivity (Wildman–Crippen MR) is 137 cm³/mol. The van der Waals surface area contributed by atoms with Crippen LogP contribution in [0.1, 0.15) is 5.56 Å². The number of fused-ring (bicyclic) bond motifs is 3. The molecule has 0 amide bonds. The Morgan fingerprint density at radius 2 is 1.37 bits per heavy atom. The quantitative estimate of drug-likeness (QED) is 0.257. The van der Waals surface area contributed by atoms with Gasteiger partial charge in [-0.1, -0.05) is 54.1 Å². The molecule has 0 aliphatic heterocycles. The summed E-state index contributed by atoms with van der Waals surface area (Å²) in [6.45, 7) is 2.10. The smallest absolute Gasteiger partial charge is 0.336 e. The largest absolute Gasteiger partial charge is 0.423 e. The molecule has 2 aliphatic carbocycles. The number of para-hydroxylation sites is 2. The van der Waals surface area contributed by atoms with Crippen molar-refractivity contribution in [3.63, 3.8) is 0 Å². The van der Waals surface area contributed by atoms with Gasteiger partial charge in [-0.15, -0.1) is 0 Å². The molecule has 168 valence electrons. The fourth-order valence-corrected chi connectivity index (χ4v) is 4.12. The highest BCUT2D eigenvalue weighted by atomic mass is 19.1. The van der Waals surface area contributed by atoms with Crippen molar-refractivity contribution in [1.29, 1.82) is 0 Å². The average molecular weight is 458 g/mol. The zero-order chi connectivity index (χ0) is 23.9. The molecule has 0 spiro atoms. The van der Waals surface area contributed by atoms with E-state index in [1.54, 1.807) is 12.1 Å². The topological polar surface area (TPSA) is 56.0 Å². The van der Waals surface area contributed by atoms with Crippen LogP contribution in [0.4, 0.5) is 4.39 Å². The molecule has 2 heterocycles. The first-order chi connectivity index (χ1) is 17.0. The number of rotatable bonds is 2. The van der Waals surface area contributed by atoms with Gasteiger partial charge in [0.15, 0.2) is 0 Å². The van der Waals surface area contributed by atoms with Crippen LogP contribution in [-0.2, 0) is 0 Å². The molecule has 7 rings (SSSR count). The third kappa shape index (κ3) is 3.87. The number of hydrogen-bond acceptors (Lipinski definition) is 4. The highest BCUT2D eigenvalue weighted by molar-refractivity contribution is 5.99. The Balaban J connectivity index is 0.000000161. The van der Waals surface area contributed by atoms with Crippen LogP contribution >= 0.6 is 0 Å². The Labute approximate surface area is 200 Å². The summed E-state index contributed by atoms with van der Waals surface area (Å²) in [5.41, 5.74) is 9.83. The van der Waals surface area contributed by atoms with Crippen molar-refractivity contribution in [2.75, 3.05) is 0 Å². The minimum atomic E-state index is -0.465. The summed E-state index contributed by atoms with van der Waals surface area (Å²) in [4.78, 5) is 20.5. The zero-order valence-electron chi connectivity index (χ0n) is 18.8. The number of halogens is 1. The van der Waals surface area contributed by atoms with Crippen molar-refractivity contribution in [3.05, 3.63) is 119 Å². The molecule has 0 saturated heterocycles. The average Bonchev–Trinajstić information content (AvgIpc) is 2.85. The zero-order valence-corrected chi connectivity index (χ0v) is 18.8. The maximum Gasteiger partial charge on any atom is 0.336 e. The molecular weight excluding hydrogens is 439 g/mol. The highest BCUT2D eigenvalue weighted by Gasteiger charge is 2.23. The predicted octanol–water partition coefficient (Wildman–Crippen LogP) is 7.18. The van der Waals surface area contributed by atoms with Crippen LogP contribution in [0.25, 0.3) is 55.6 Å². The summed E-state index contributed by atoms with van der Waals surface area (Å²) in [6, 6.07) is 30.0. The monoisotopic (exact) mass is 458 g/mol. The maximum atomic E-state index is 12.6. The summed E-state index contributed by atoms with van der Waals surface area (Å²) in [5.74, 6) is -0.406. The van der Waals surface area contributed by atoms with Gasteiger partial charge < -0.3 is 4.42 Å². The van der Waals surface area contributed by atoms with Crippen LogP contribution in [0.15, 0.2) is 106 Å². The van der Waals surface area contributed by atoms with Crippen LogP contribution in [0.2, 0.25) is 0 Å². The number of benzene rings is 4. The SMILES string of the molecule is Cc1ccc(-c2nc3ccccc3nc2-c2cc3ccc2-3)cc1.O=c1ccc2ccc(F)cc2o1. The van der Waals surface area contributed by atoms with Crippen molar-refractivity contribution in [3.8, 4) is 33.6 Å². The van der Waals surface area contributed by atoms with Gasteiger partial charge in [-0.2, -0.15) is 0 Å². The van der Waals surface area contributed by atoms with Crippen molar-refractivity contribution < 1.29 is 8.81 Å². The van der Waals surface area contributed by atoms with E-state index in [9.17, 15) is 9.18 Å². The molecule has 2 aromatic heterocycles. The number of aryl methyl sites for hydroxylation is 1. The van der Waals surface area contributed by atoms with E-state index in [2.05, 4.69) is 49.4 Å². The van der Waals surface area contributed by atoms with E-state index < -0.39 is 11.4 Å². The van der Waals surface area contributed by atoms with Crippen LogP contribution in [0, 0.1) is 12.7 Å². The van der Waals surface area contributed by atoms with E-state index in [0.29, 0.717) is 0 Å². The molecule has 3 aromatic carbocycles. The molecule has 0 bridgehead atoms. The van der Waals surface area contributed by atoms with E-state index >= 15 is 0 Å². The Morgan fingerprint density at radius 3 is 2.03 bits per heavy atom. The molecule has 5 aromatic rings. The first kappa shape index (κ1) is 20.9. The fraction of sp³-hybridized carbons (Fsp3) is 0.0333. The molecule has 35 heavy (non-hydrogen) atoms. The van der Waals surface area contributed by atoms with E-state index in [1.165, 1.54) is 40.5 Å². The normalized spacial score (nSPS) is 11.3. The molecule has 0 fully saturated rings. The number of hydrogen-bond donors (Lipinski definition) is 0. The number of nitrogens with zero attached hydrogens (tertiary/aromatic N) is 2. The van der Waals surface area contributed by atoms with Crippen LogP contribution in [-0.4, -0.2) is 9.97 Å². The summed E-state index contributed by atoms with van der Waals surface area (Å²) in [5, 5.41) is 0.719. The number of aromatic nitrogens is 2. The van der Waals surface area contributed by atoms with Crippen molar-refractivity contribution in [2.45, 2.75) is 6.92 Å². The van der Waals surface area contributed by atoms with E-state index in [0.717, 1.165) is 33.4 Å². The minimum absolute atomic E-state index is 0.280. The Hall–Kier alpha value is -4.64. The van der Waals surface area contributed by atoms with Crippen molar-refractivity contribution in [1.82, 2.24) is 9.97 Å². The van der Waals surface area contributed by atoms with Gasteiger partial charge in [0.1, 0.15) is 11.4 Å². The molecule has 0 unspecified atom stereocenters.